The molecule has 0 fully saturated rings. The summed E-state index contributed by atoms with van der Waals surface area (Å²) >= 11 is 1.40. The molecule has 0 aliphatic carbocycles. The van der Waals surface area contributed by atoms with Crippen molar-refractivity contribution in [2.24, 2.45) is 0 Å². The van der Waals surface area contributed by atoms with Crippen LogP contribution in [0, 0.1) is 6.92 Å². The first-order valence-electron chi connectivity index (χ1n) is 6.16. The SMILES string of the molecule is COCCn1cc(NC(=O)c2sccc2C)ccc1=O. The van der Waals surface area contributed by atoms with Crippen LogP contribution in [0.15, 0.2) is 34.6 Å². The summed E-state index contributed by atoms with van der Waals surface area (Å²) in [6, 6.07) is 4.94. The van der Waals surface area contributed by atoms with E-state index in [9.17, 15) is 9.59 Å². The summed E-state index contributed by atoms with van der Waals surface area (Å²) in [5.74, 6) is -0.158. The van der Waals surface area contributed by atoms with Gasteiger partial charge < -0.3 is 14.6 Å². The molecule has 0 aliphatic rings. The van der Waals surface area contributed by atoms with Gasteiger partial charge in [-0.2, -0.15) is 0 Å². The highest BCUT2D eigenvalue weighted by Crippen LogP contribution is 2.17. The van der Waals surface area contributed by atoms with E-state index in [1.54, 1.807) is 19.4 Å². The molecule has 6 heteroatoms. The largest absolute Gasteiger partial charge is 0.383 e. The summed E-state index contributed by atoms with van der Waals surface area (Å²) in [7, 11) is 1.58. The molecule has 1 N–H and O–H groups in total. The van der Waals surface area contributed by atoms with Gasteiger partial charge in [-0.3, -0.25) is 9.59 Å². The number of ether oxygens (including phenoxy) is 1. The van der Waals surface area contributed by atoms with Gasteiger partial charge in [0.15, 0.2) is 0 Å². The second-order valence-corrected chi connectivity index (χ2v) is 5.25. The van der Waals surface area contributed by atoms with Gasteiger partial charge in [-0.25, -0.2) is 0 Å². The number of rotatable bonds is 5. The minimum absolute atomic E-state index is 0.118. The molecule has 5 nitrogen and oxygen atoms in total. The van der Waals surface area contributed by atoms with Gasteiger partial charge in [-0.05, 0) is 30.0 Å². The smallest absolute Gasteiger partial charge is 0.266 e. The summed E-state index contributed by atoms with van der Waals surface area (Å²) in [6.07, 6.45) is 1.63. The highest BCUT2D eigenvalue weighted by Gasteiger charge is 2.11. The monoisotopic (exact) mass is 292 g/mol. The van der Waals surface area contributed by atoms with Crippen LogP contribution in [0.5, 0.6) is 0 Å². The summed E-state index contributed by atoms with van der Waals surface area (Å²) < 4.78 is 6.47. The Morgan fingerprint density at radius 2 is 2.20 bits per heavy atom. The number of anilines is 1. The van der Waals surface area contributed by atoms with E-state index in [-0.39, 0.29) is 11.5 Å². The van der Waals surface area contributed by atoms with E-state index in [1.165, 1.54) is 22.0 Å². The van der Waals surface area contributed by atoms with Crippen molar-refractivity contribution in [2.45, 2.75) is 13.5 Å². The molecule has 0 spiro atoms. The molecule has 2 heterocycles. The van der Waals surface area contributed by atoms with Crippen molar-refractivity contribution in [1.29, 1.82) is 0 Å². The van der Waals surface area contributed by atoms with Crippen molar-refractivity contribution >= 4 is 22.9 Å². The van der Waals surface area contributed by atoms with Crippen molar-refractivity contribution in [3.05, 3.63) is 50.6 Å². The van der Waals surface area contributed by atoms with Crippen molar-refractivity contribution in [1.82, 2.24) is 4.57 Å². The standard InChI is InChI=1S/C14H16N2O3S/c1-10-5-8-20-13(10)14(18)15-11-3-4-12(17)16(9-11)6-7-19-2/h3-5,8-9H,6-7H2,1-2H3,(H,15,18). The van der Waals surface area contributed by atoms with Gasteiger partial charge in [-0.1, -0.05) is 0 Å². The van der Waals surface area contributed by atoms with E-state index in [1.807, 2.05) is 18.4 Å². The maximum Gasteiger partial charge on any atom is 0.266 e. The maximum atomic E-state index is 12.1. The molecule has 20 heavy (non-hydrogen) atoms. The molecule has 0 saturated heterocycles. The maximum absolute atomic E-state index is 12.1. The van der Waals surface area contributed by atoms with E-state index in [4.69, 9.17) is 4.74 Å². The highest BCUT2D eigenvalue weighted by atomic mass is 32.1. The third-order valence-electron chi connectivity index (χ3n) is 2.85. The number of thiophene rings is 1. The van der Waals surface area contributed by atoms with Gasteiger partial charge >= 0.3 is 0 Å². The quantitative estimate of drug-likeness (QED) is 0.918. The first-order chi connectivity index (χ1) is 9.61. The Hall–Kier alpha value is -1.92. The number of hydrogen-bond donors (Lipinski definition) is 1. The predicted molar refractivity (Wildman–Crippen MR) is 79.6 cm³/mol. The van der Waals surface area contributed by atoms with Gasteiger partial charge in [0, 0.05) is 25.9 Å². The Bertz CT molecular complexity index is 660. The van der Waals surface area contributed by atoms with Crippen LogP contribution in [0.1, 0.15) is 15.2 Å². The molecule has 0 aliphatic heterocycles. The Kier molecular flexibility index (Phi) is 4.70. The first-order valence-corrected chi connectivity index (χ1v) is 7.04. The van der Waals surface area contributed by atoms with E-state index in [2.05, 4.69) is 5.32 Å². The molecule has 0 radical (unpaired) electrons. The summed E-state index contributed by atoms with van der Waals surface area (Å²) in [6.45, 7) is 2.79. The van der Waals surface area contributed by atoms with Crippen molar-refractivity contribution in [2.75, 3.05) is 19.0 Å². The molecule has 0 atom stereocenters. The molecule has 2 aromatic rings. The number of carbonyl (C=O) groups excluding carboxylic acids is 1. The normalized spacial score (nSPS) is 10.5. The number of carbonyl (C=O) groups is 1. The minimum Gasteiger partial charge on any atom is -0.383 e. The van der Waals surface area contributed by atoms with Crippen LogP contribution in [0.4, 0.5) is 5.69 Å². The molecule has 1 amide bonds. The topological polar surface area (TPSA) is 60.3 Å². The van der Waals surface area contributed by atoms with E-state index >= 15 is 0 Å². The first kappa shape index (κ1) is 14.5. The molecule has 106 valence electrons. The molecule has 0 bridgehead atoms. The summed E-state index contributed by atoms with van der Waals surface area (Å²) in [5, 5.41) is 4.68. The fraction of sp³-hybridized carbons (Fsp3) is 0.286. The number of aryl methyl sites for hydroxylation is 1. The lowest BCUT2D eigenvalue weighted by Gasteiger charge is -2.09. The molecule has 0 aromatic carbocycles. The van der Waals surface area contributed by atoms with Crippen LogP contribution < -0.4 is 10.9 Å². The molecule has 2 aromatic heterocycles. The summed E-state index contributed by atoms with van der Waals surface area (Å²) in [4.78, 5) is 24.4. The third-order valence-corrected chi connectivity index (χ3v) is 3.86. The average molecular weight is 292 g/mol. The Morgan fingerprint density at radius 3 is 2.85 bits per heavy atom. The number of methoxy groups -OCH3 is 1. The van der Waals surface area contributed by atoms with Crippen LogP contribution in [0.25, 0.3) is 0 Å². The zero-order valence-electron chi connectivity index (χ0n) is 11.4. The predicted octanol–water partition coefficient (Wildman–Crippen LogP) is 2.12. The van der Waals surface area contributed by atoms with Gasteiger partial charge in [0.1, 0.15) is 0 Å². The lowest BCUT2D eigenvalue weighted by molar-refractivity contribution is 0.103. The fourth-order valence-corrected chi connectivity index (χ4v) is 2.58. The van der Waals surface area contributed by atoms with Gasteiger partial charge in [0.25, 0.3) is 11.5 Å². The van der Waals surface area contributed by atoms with Crippen molar-refractivity contribution in [3.8, 4) is 0 Å². The molecular formula is C14H16N2O3S. The van der Waals surface area contributed by atoms with Crippen LogP contribution in [-0.2, 0) is 11.3 Å². The van der Waals surface area contributed by atoms with Gasteiger partial charge in [0.05, 0.1) is 17.2 Å². The number of nitrogens with one attached hydrogen (secondary N) is 1. The Labute approximate surface area is 120 Å². The van der Waals surface area contributed by atoms with Crippen molar-refractivity contribution in [3.63, 3.8) is 0 Å². The molecule has 0 unspecified atom stereocenters. The van der Waals surface area contributed by atoms with Crippen LogP contribution >= 0.6 is 11.3 Å². The number of nitrogens with zero attached hydrogens (tertiary/aromatic N) is 1. The van der Waals surface area contributed by atoms with Gasteiger partial charge in [0.2, 0.25) is 0 Å². The van der Waals surface area contributed by atoms with Crippen LogP contribution in [0.2, 0.25) is 0 Å². The average Bonchev–Trinajstić information content (AvgIpc) is 2.85. The molecule has 2 rings (SSSR count). The Morgan fingerprint density at radius 1 is 1.40 bits per heavy atom. The van der Waals surface area contributed by atoms with Crippen LogP contribution in [0.3, 0.4) is 0 Å². The second kappa shape index (κ2) is 6.49. The summed E-state index contributed by atoms with van der Waals surface area (Å²) in [5.41, 5.74) is 1.42. The van der Waals surface area contributed by atoms with Crippen LogP contribution in [-0.4, -0.2) is 24.2 Å². The number of amides is 1. The lowest BCUT2D eigenvalue weighted by atomic mass is 10.3. The van der Waals surface area contributed by atoms with E-state index in [0.717, 1.165) is 5.56 Å². The molecular weight excluding hydrogens is 276 g/mol. The van der Waals surface area contributed by atoms with E-state index < -0.39 is 0 Å². The lowest BCUT2D eigenvalue weighted by Crippen LogP contribution is -2.22. The number of hydrogen-bond acceptors (Lipinski definition) is 4. The highest BCUT2D eigenvalue weighted by molar-refractivity contribution is 7.12. The Balaban J connectivity index is 2.15. The zero-order valence-corrected chi connectivity index (χ0v) is 12.2. The fourth-order valence-electron chi connectivity index (χ4n) is 1.76. The van der Waals surface area contributed by atoms with Gasteiger partial charge in [-0.15, -0.1) is 11.3 Å². The molecule has 0 saturated carbocycles. The number of pyridine rings is 1. The van der Waals surface area contributed by atoms with E-state index in [0.29, 0.717) is 23.7 Å². The van der Waals surface area contributed by atoms with Crippen molar-refractivity contribution < 1.29 is 9.53 Å². The third kappa shape index (κ3) is 3.34. The minimum atomic E-state index is -0.158. The zero-order chi connectivity index (χ0) is 14.5. The number of aromatic nitrogens is 1. The second-order valence-electron chi connectivity index (χ2n) is 4.33.